The molecule has 0 bridgehead atoms. The Morgan fingerprint density at radius 1 is 1.44 bits per heavy atom. The van der Waals surface area contributed by atoms with Crippen LogP contribution in [0.1, 0.15) is 12.8 Å². The summed E-state index contributed by atoms with van der Waals surface area (Å²) in [5.41, 5.74) is 0.785. The number of ether oxygens (including phenoxy) is 2. The molecule has 0 unspecified atom stereocenters. The smallest absolute Gasteiger partial charge is 0.230 e. The molecule has 2 heterocycles. The van der Waals surface area contributed by atoms with E-state index in [1.54, 1.807) is 31.3 Å². The Bertz CT molecular complexity index is 399. The van der Waals surface area contributed by atoms with Gasteiger partial charge in [-0.15, -0.1) is 0 Å². The normalized spacial score (nSPS) is 16.3. The van der Waals surface area contributed by atoms with Crippen molar-refractivity contribution in [2.45, 2.75) is 12.8 Å². The summed E-state index contributed by atoms with van der Waals surface area (Å²) in [4.78, 5) is 18.0. The summed E-state index contributed by atoms with van der Waals surface area (Å²) < 4.78 is 10.3. The Labute approximate surface area is 107 Å². The lowest BCUT2D eigenvalue weighted by atomic mass is 9.99. The van der Waals surface area contributed by atoms with Crippen LogP contribution in [0.25, 0.3) is 0 Å². The molecule has 2 rings (SSSR count). The van der Waals surface area contributed by atoms with E-state index in [1.807, 2.05) is 6.07 Å². The van der Waals surface area contributed by atoms with Gasteiger partial charge in [-0.3, -0.25) is 4.79 Å². The van der Waals surface area contributed by atoms with Crippen LogP contribution in [0.4, 0.5) is 5.69 Å². The van der Waals surface area contributed by atoms with E-state index in [2.05, 4.69) is 4.98 Å². The Balaban J connectivity index is 2.04. The predicted octanol–water partition coefficient (Wildman–Crippen LogP) is 1.48. The highest BCUT2D eigenvalue weighted by molar-refractivity contribution is 5.94. The lowest BCUT2D eigenvalue weighted by Crippen LogP contribution is -2.35. The minimum atomic E-state index is 0.0610. The molecule has 1 fully saturated rings. The Morgan fingerprint density at radius 2 is 2.17 bits per heavy atom. The van der Waals surface area contributed by atoms with E-state index in [4.69, 9.17) is 9.47 Å². The standard InChI is InChI=1S/C13H18N2O3/c1-15(11-3-4-12(17-2)14-9-11)13(16)10-5-7-18-8-6-10/h3-4,9-10H,5-8H2,1-2H3. The van der Waals surface area contributed by atoms with Gasteiger partial charge in [0.2, 0.25) is 11.8 Å². The van der Waals surface area contributed by atoms with Gasteiger partial charge in [-0.1, -0.05) is 0 Å². The Hall–Kier alpha value is -1.62. The van der Waals surface area contributed by atoms with Crippen LogP contribution < -0.4 is 9.64 Å². The molecule has 0 aromatic carbocycles. The van der Waals surface area contributed by atoms with E-state index in [1.165, 1.54) is 0 Å². The number of carbonyl (C=O) groups is 1. The number of nitrogens with zero attached hydrogens (tertiary/aromatic N) is 2. The van der Waals surface area contributed by atoms with Gasteiger partial charge in [-0.25, -0.2) is 4.98 Å². The second-order valence-corrected chi connectivity index (χ2v) is 4.34. The van der Waals surface area contributed by atoms with Gasteiger partial charge in [0.05, 0.1) is 19.0 Å². The number of aromatic nitrogens is 1. The predicted molar refractivity (Wildman–Crippen MR) is 67.7 cm³/mol. The molecule has 0 radical (unpaired) electrons. The summed E-state index contributed by atoms with van der Waals surface area (Å²) in [5, 5.41) is 0. The molecule has 5 heteroatoms. The molecule has 0 saturated carbocycles. The van der Waals surface area contributed by atoms with E-state index in [0.29, 0.717) is 19.1 Å². The van der Waals surface area contributed by atoms with Gasteiger partial charge >= 0.3 is 0 Å². The molecule has 18 heavy (non-hydrogen) atoms. The fourth-order valence-corrected chi connectivity index (χ4v) is 2.04. The van der Waals surface area contributed by atoms with E-state index >= 15 is 0 Å². The molecule has 5 nitrogen and oxygen atoms in total. The highest BCUT2D eigenvalue weighted by Gasteiger charge is 2.25. The zero-order valence-electron chi connectivity index (χ0n) is 10.8. The summed E-state index contributed by atoms with van der Waals surface area (Å²) in [5.74, 6) is 0.738. The van der Waals surface area contributed by atoms with Gasteiger partial charge in [-0.05, 0) is 18.9 Å². The van der Waals surface area contributed by atoms with Crippen LogP contribution in [0.15, 0.2) is 18.3 Å². The van der Waals surface area contributed by atoms with Crippen LogP contribution in [0, 0.1) is 5.92 Å². The molecule has 1 aliphatic heterocycles. The van der Waals surface area contributed by atoms with Crippen LogP contribution >= 0.6 is 0 Å². The van der Waals surface area contributed by atoms with Crippen LogP contribution in [0.2, 0.25) is 0 Å². The molecule has 1 amide bonds. The summed E-state index contributed by atoms with van der Waals surface area (Å²) in [6.45, 7) is 1.34. The fraction of sp³-hybridized carbons (Fsp3) is 0.538. The SMILES string of the molecule is COc1ccc(N(C)C(=O)C2CCOCC2)cn1. The molecular weight excluding hydrogens is 232 g/mol. The van der Waals surface area contributed by atoms with Crippen LogP contribution in [-0.4, -0.2) is 38.3 Å². The summed E-state index contributed by atoms with van der Waals surface area (Å²) in [6.07, 6.45) is 3.25. The molecule has 0 atom stereocenters. The van der Waals surface area contributed by atoms with Crippen molar-refractivity contribution < 1.29 is 14.3 Å². The first-order valence-corrected chi connectivity index (χ1v) is 6.07. The van der Waals surface area contributed by atoms with Crippen molar-refractivity contribution in [3.8, 4) is 5.88 Å². The van der Waals surface area contributed by atoms with E-state index in [0.717, 1.165) is 18.5 Å². The van der Waals surface area contributed by atoms with Crippen LogP contribution in [-0.2, 0) is 9.53 Å². The number of anilines is 1. The van der Waals surface area contributed by atoms with Gasteiger partial charge in [0, 0.05) is 32.2 Å². The highest BCUT2D eigenvalue weighted by Crippen LogP contribution is 2.21. The lowest BCUT2D eigenvalue weighted by molar-refractivity contribution is -0.124. The van der Waals surface area contributed by atoms with Crippen molar-refractivity contribution in [3.05, 3.63) is 18.3 Å². The first-order valence-electron chi connectivity index (χ1n) is 6.07. The largest absolute Gasteiger partial charge is 0.481 e. The molecule has 0 aliphatic carbocycles. The second kappa shape index (κ2) is 5.82. The third-order valence-electron chi connectivity index (χ3n) is 3.22. The van der Waals surface area contributed by atoms with Crippen molar-refractivity contribution in [2.24, 2.45) is 5.92 Å². The van der Waals surface area contributed by atoms with E-state index in [9.17, 15) is 4.79 Å². The molecule has 1 saturated heterocycles. The zero-order chi connectivity index (χ0) is 13.0. The summed E-state index contributed by atoms with van der Waals surface area (Å²) >= 11 is 0. The van der Waals surface area contributed by atoms with Crippen molar-refractivity contribution in [1.29, 1.82) is 0 Å². The maximum absolute atomic E-state index is 12.3. The van der Waals surface area contributed by atoms with Gasteiger partial charge < -0.3 is 14.4 Å². The third kappa shape index (κ3) is 2.79. The molecule has 1 aromatic rings. The first kappa shape index (κ1) is 12.8. The number of rotatable bonds is 3. The summed E-state index contributed by atoms with van der Waals surface area (Å²) in [7, 11) is 3.35. The molecule has 1 aromatic heterocycles. The van der Waals surface area contributed by atoms with Gasteiger partial charge in [0.25, 0.3) is 0 Å². The molecule has 98 valence electrons. The van der Waals surface area contributed by atoms with E-state index in [-0.39, 0.29) is 11.8 Å². The average molecular weight is 250 g/mol. The van der Waals surface area contributed by atoms with Crippen molar-refractivity contribution in [3.63, 3.8) is 0 Å². The van der Waals surface area contributed by atoms with Crippen molar-refractivity contribution >= 4 is 11.6 Å². The Kier molecular flexibility index (Phi) is 4.15. The van der Waals surface area contributed by atoms with Gasteiger partial charge in [0.1, 0.15) is 0 Å². The number of methoxy groups -OCH3 is 1. The number of amides is 1. The topological polar surface area (TPSA) is 51.7 Å². The Morgan fingerprint density at radius 3 is 2.72 bits per heavy atom. The molecule has 1 aliphatic rings. The quantitative estimate of drug-likeness (QED) is 0.815. The molecule has 0 spiro atoms. The first-order chi connectivity index (χ1) is 8.72. The minimum Gasteiger partial charge on any atom is -0.481 e. The monoisotopic (exact) mass is 250 g/mol. The lowest BCUT2D eigenvalue weighted by Gasteiger charge is -2.26. The van der Waals surface area contributed by atoms with Crippen molar-refractivity contribution in [2.75, 3.05) is 32.3 Å². The summed E-state index contributed by atoms with van der Waals surface area (Å²) in [6, 6.07) is 3.59. The minimum absolute atomic E-state index is 0.0610. The molecule has 0 N–H and O–H groups in total. The maximum Gasteiger partial charge on any atom is 0.230 e. The van der Waals surface area contributed by atoms with Crippen LogP contribution in [0.5, 0.6) is 5.88 Å². The fourth-order valence-electron chi connectivity index (χ4n) is 2.04. The van der Waals surface area contributed by atoms with E-state index < -0.39 is 0 Å². The average Bonchev–Trinajstić information content (AvgIpc) is 2.47. The molecular formula is C13H18N2O3. The maximum atomic E-state index is 12.3. The number of hydrogen-bond donors (Lipinski definition) is 0. The third-order valence-corrected chi connectivity index (χ3v) is 3.22. The highest BCUT2D eigenvalue weighted by atomic mass is 16.5. The van der Waals surface area contributed by atoms with Crippen LogP contribution in [0.3, 0.4) is 0 Å². The number of hydrogen-bond acceptors (Lipinski definition) is 4. The van der Waals surface area contributed by atoms with Gasteiger partial charge in [-0.2, -0.15) is 0 Å². The zero-order valence-corrected chi connectivity index (χ0v) is 10.8. The second-order valence-electron chi connectivity index (χ2n) is 4.34. The number of pyridine rings is 1. The van der Waals surface area contributed by atoms with Crippen molar-refractivity contribution in [1.82, 2.24) is 4.98 Å². The number of carbonyl (C=O) groups excluding carboxylic acids is 1. The van der Waals surface area contributed by atoms with Gasteiger partial charge in [0.15, 0.2) is 0 Å².